The van der Waals surface area contributed by atoms with Gasteiger partial charge in [-0.3, -0.25) is 9.78 Å². The van der Waals surface area contributed by atoms with Crippen LogP contribution in [0.15, 0.2) is 65.6 Å². The molecule has 27 heavy (non-hydrogen) atoms. The minimum absolute atomic E-state index is 0.282. The smallest absolute Gasteiger partial charge is 0.262 e. The van der Waals surface area contributed by atoms with Gasteiger partial charge >= 0.3 is 0 Å². The number of fused-ring (bicyclic) bond motifs is 1. The first-order chi connectivity index (χ1) is 13.2. The molecular weight excluding hydrogens is 364 g/mol. The Kier molecular flexibility index (Phi) is 4.48. The van der Waals surface area contributed by atoms with Crippen LogP contribution in [0.2, 0.25) is 5.02 Å². The van der Waals surface area contributed by atoms with E-state index < -0.39 is 0 Å². The number of hydrogen-bond acceptors (Lipinski definition) is 5. The molecule has 2 heterocycles. The SMILES string of the molecule is COc1ccccc1Nc1nc2nccc(-c3ccc(Cl)cc3)c2c(=O)[nH]1. The normalized spacial score (nSPS) is 10.7. The zero-order valence-corrected chi connectivity index (χ0v) is 15.1. The summed E-state index contributed by atoms with van der Waals surface area (Å²) in [7, 11) is 1.58. The summed E-state index contributed by atoms with van der Waals surface area (Å²) in [5.74, 6) is 0.931. The van der Waals surface area contributed by atoms with Crippen molar-refractivity contribution < 1.29 is 4.74 Å². The Morgan fingerprint density at radius 2 is 1.85 bits per heavy atom. The molecular formula is C20H15ClN4O2. The number of benzene rings is 2. The van der Waals surface area contributed by atoms with Gasteiger partial charge in [0.1, 0.15) is 5.75 Å². The van der Waals surface area contributed by atoms with Crippen molar-refractivity contribution in [1.29, 1.82) is 0 Å². The lowest BCUT2D eigenvalue weighted by Crippen LogP contribution is -2.13. The molecule has 0 bridgehead atoms. The Labute approximate surface area is 159 Å². The molecule has 0 unspecified atom stereocenters. The van der Waals surface area contributed by atoms with Crippen LogP contribution in [0.4, 0.5) is 11.6 Å². The van der Waals surface area contributed by atoms with E-state index in [0.29, 0.717) is 27.5 Å². The Balaban J connectivity index is 1.81. The average molecular weight is 379 g/mol. The van der Waals surface area contributed by atoms with Crippen LogP contribution in [0.5, 0.6) is 5.75 Å². The number of aromatic amines is 1. The molecule has 0 spiro atoms. The number of para-hydroxylation sites is 2. The van der Waals surface area contributed by atoms with Gasteiger partial charge in [0.05, 0.1) is 18.2 Å². The quantitative estimate of drug-likeness (QED) is 0.550. The van der Waals surface area contributed by atoms with Gasteiger partial charge in [0.25, 0.3) is 5.56 Å². The van der Waals surface area contributed by atoms with Gasteiger partial charge < -0.3 is 10.1 Å². The van der Waals surface area contributed by atoms with E-state index in [1.54, 1.807) is 31.5 Å². The zero-order valence-electron chi connectivity index (χ0n) is 14.4. The number of halogens is 1. The van der Waals surface area contributed by atoms with Crippen molar-refractivity contribution in [3.05, 3.63) is 76.2 Å². The van der Waals surface area contributed by atoms with Crippen molar-refractivity contribution in [2.45, 2.75) is 0 Å². The van der Waals surface area contributed by atoms with Gasteiger partial charge in [0.15, 0.2) is 5.65 Å². The predicted molar refractivity (Wildman–Crippen MR) is 107 cm³/mol. The molecule has 6 nitrogen and oxygen atoms in total. The van der Waals surface area contributed by atoms with Crippen molar-refractivity contribution >= 4 is 34.3 Å². The van der Waals surface area contributed by atoms with Crippen molar-refractivity contribution in [2.24, 2.45) is 0 Å². The van der Waals surface area contributed by atoms with Gasteiger partial charge in [-0.05, 0) is 41.5 Å². The third-order valence-electron chi connectivity index (χ3n) is 4.12. The van der Waals surface area contributed by atoms with Crippen LogP contribution in [0.25, 0.3) is 22.2 Å². The summed E-state index contributed by atoms with van der Waals surface area (Å²) in [6.07, 6.45) is 1.63. The summed E-state index contributed by atoms with van der Waals surface area (Å²) >= 11 is 5.96. The molecule has 0 fully saturated rings. The molecule has 0 aliphatic carbocycles. The Hall–Kier alpha value is -3.38. The second-order valence-corrected chi connectivity index (χ2v) is 6.24. The standard InChI is InChI=1S/C20H15ClN4O2/c1-27-16-5-3-2-4-15(16)23-20-24-18-17(19(26)25-20)14(10-11-22-18)12-6-8-13(21)9-7-12/h2-11H,1H3,(H2,22,23,24,25,26). The van der Waals surface area contributed by atoms with Gasteiger partial charge in [-0.15, -0.1) is 0 Å². The molecule has 2 aromatic carbocycles. The lowest BCUT2D eigenvalue weighted by molar-refractivity contribution is 0.417. The first-order valence-electron chi connectivity index (χ1n) is 8.21. The van der Waals surface area contributed by atoms with Crippen LogP contribution in [-0.2, 0) is 0 Å². The zero-order chi connectivity index (χ0) is 18.8. The van der Waals surface area contributed by atoms with Crippen molar-refractivity contribution in [2.75, 3.05) is 12.4 Å². The van der Waals surface area contributed by atoms with E-state index in [9.17, 15) is 4.79 Å². The van der Waals surface area contributed by atoms with Gasteiger partial charge in [-0.25, -0.2) is 4.98 Å². The maximum Gasteiger partial charge on any atom is 0.262 e. The van der Waals surface area contributed by atoms with E-state index in [1.165, 1.54) is 0 Å². The number of nitrogens with one attached hydrogen (secondary N) is 2. The van der Waals surface area contributed by atoms with E-state index >= 15 is 0 Å². The molecule has 0 atom stereocenters. The van der Waals surface area contributed by atoms with Crippen LogP contribution >= 0.6 is 11.6 Å². The molecule has 0 amide bonds. The molecule has 4 rings (SSSR count). The number of methoxy groups -OCH3 is 1. The lowest BCUT2D eigenvalue weighted by Gasteiger charge is -2.11. The van der Waals surface area contributed by atoms with E-state index in [1.807, 2.05) is 36.4 Å². The van der Waals surface area contributed by atoms with Gasteiger partial charge in [0.2, 0.25) is 5.95 Å². The summed E-state index contributed by atoms with van der Waals surface area (Å²) in [5.41, 5.74) is 2.37. The highest BCUT2D eigenvalue weighted by atomic mass is 35.5. The largest absolute Gasteiger partial charge is 0.495 e. The summed E-state index contributed by atoms with van der Waals surface area (Å²) in [6.45, 7) is 0. The fourth-order valence-corrected chi connectivity index (χ4v) is 2.99. The molecule has 134 valence electrons. The number of H-pyrrole nitrogens is 1. The van der Waals surface area contributed by atoms with E-state index in [2.05, 4.69) is 20.3 Å². The second-order valence-electron chi connectivity index (χ2n) is 5.80. The van der Waals surface area contributed by atoms with Crippen molar-refractivity contribution in [1.82, 2.24) is 15.0 Å². The molecule has 4 aromatic rings. The minimum atomic E-state index is -0.282. The summed E-state index contributed by atoms with van der Waals surface area (Å²) < 4.78 is 5.31. The number of aromatic nitrogens is 3. The third-order valence-corrected chi connectivity index (χ3v) is 4.37. The molecule has 0 saturated heterocycles. The number of nitrogens with zero attached hydrogens (tertiary/aromatic N) is 2. The van der Waals surface area contributed by atoms with Crippen LogP contribution in [-0.4, -0.2) is 22.1 Å². The topological polar surface area (TPSA) is 79.9 Å². The Morgan fingerprint density at radius 3 is 2.63 bits per heavy atom. The summed E-state index contributed by atoms with van der Waals surface area (Å²) in [4.78, 5) is 24.3. The highest BCUT2D eigenvalue weighted by Crippen LogP contribution is 2.28. The molecule has 0 aliphatic rings. The van der Waals surface area contributed by atoms with Crippen molar-refractivity contribution in [3.63, 3.8) is 0 Å². The number of hydrogen-bond donors (Lipinski definition) is 2. The molecule has 2 aromatic heterocycles. The Bertz CT molecular complexity index is 1170. The molecule has 0 saturated carbocycles. The first-order valence-corrected chi connectivity index (χ1v) is 8.58. The average Bonchev–Trinajstić information content (AvgIpc) is 2.68. The number of anilines is 2. The van der Waals surface area contributed by atoms with Crippen LogP contribution in [0.1, 0.15) is 0 Å². The number of rotatable bonds is 4. The van der Waals surface area contributed by atoms with Gasteiger partial charge in [-0.2, -0.15) is 4.98 Å². The van der Waals surface area contributed by atoms with Crippen LogP contribution in [0, 0.1) is 0 Å². The van der Waals surface area contributed by atoms with Crippen LogP contribution in [0.3, 0.4) is 0 Å². The number of pyridine rings is 1. The minimum Gasteiger partial charge on any atom is -0.495 e. The summed E-state index contributed by atoms with van der Waals surface area (Å²) in [6, 6.07) is 16.4. The number of ether oxygens (including phenoxy) is 1. The predicted octanol–water partition coefficient (Wildman–Crippen LogP) is 4.39. The summed E-state index contributed by atoms with van der Waals surface area (Å²) in [5, 5.41) is 4.13. The molecule has 0 aliphatic heterocycles. The van der Waals surface area contributed by atoms with Gasteiger partial charge in [-0.1, -0.05) is 35.9 Å². The maximum atomic E-state index is 12.8. The molecule has 7 heteroatoms. The third kappa shape index (κ3) is 3.35. The van der Waals surface area contributed by atoms with Gasteiger partial charge in [0, 0.05) is 11.2 Å². The monoisotopic (exact) mass is 378 g/mol. The van der Waals surface area contributed by atoms with E-state index in [0.717, 1.165) is 11.1 Å². The van der Waals surface area contributed by atoms with E-state index in [4.69, 9.17) is 16.3 Å². The fourth-order valence-electron chi connectivity index (χ4n) is 2.87. The van der Waals surface area contributed by atoms with Crippen molar-refractivity contribution in [3.8, 4) is 16.9 Å². The maximum absolute atomic E-state index is 12.8. The highest BCUT2D eigenvalue weighted by molar-refractivity contribution is 6.30. The highest BCUT2D eigenvalue weighted by Gasteiger charge is 2.12. The first kappa shape index (κ1) is 17.1. The second kappa shape index (κ2) is 7.09. The molecule has 2 N–H and O–H groups in total. The fraction of sp³-hybridized carbons (Fsp3) is 0.0500. The van der Waals surface area contributed by atoms with E-state index in [-0.39, 0.29) is 11.5 Å². The van der Waals surface area contributed by atoms with Crippen LogP contribution < -0.4 is 15.6 Å². The Morgan fingerprint density at radius 1 is 1.07 bits per heavy atom. The molecule has 0 radical (unpaired) electrons. The lowest BCUT2D eigenvalue weighted by atomic mass is 10.0.